The van der Waals surface area contributed by atoms with Crippen molar-refractivity contribution in [2.45, 2.75) is 19.3 Å². The highest BCUT2D eigenvalue weighted by Crippen LogP contribution is 2.52. The fourth-order valence-electron chi connectivity index (χ4n) is 8.46. The summed E-state index contributed by atoms with van der Waals surface area (Å²) in [5, 5.41) is 2.25. The third kappa shape index (κ3) is 5.10. The molecule has 0 bridgehead atoms. The van der Waals surface area contributed by atoms with Crippen LogP contribution in [0.15, 0.2) is 192 Å². The summed E-state index contributed by atoms with van der Waals surface area (Å²) < 4.78 is 6.48. The van der Waals surface area contributed by atoms with Crippen LogP contribution in [-0.4, -0.2) is 0 Å². The standard InChI is InChI=1S/C51H37NO/c1-51(2)45-21-11-9-18-41(45)42-31-29-39(33-46(42)51)52(38-27-24-35(25-28-38)34-14-5-3-6-15-34)47-22-13-20-40(36-16-7-4-8-17-36)50(47)37-26-30-44-43-19-10-12-23-48(43)53-49(44)32-37/h3-33H,1-2H3. The number of rotatable bonds is 6. The molecule has 0 amide bonds. The Bertz CT molecular complexity index is 2790. The van der Waals surface area contributed by atoms with Gasteiger partial charge in [-0.15, -0.1) is 0 Å². The smallest absolute Gasteiger partial charge is 0.136 e. The van der Waals surface area contributed by atoms with Gasteiger partial charge in [0, 0.05) is 33.1 Å². The molecule has 0 unspecified atom stereocenters. The van der Waals surface area contributed by atoms with Gasteiger partial charge >= 0.3 is 0 Å². The van der Waals surface area contributed by atoms with Crippen molar-refractivity contribution in [3.8, 4) is 44.5 Å². The first-order valence-electron chi connectivity index (χ1n) is 18.3. The highest BCUT2D eigenvalue weighted by Gasteiger charge is 2.36. The SMILES string of the molecule is CC1(C)c2ccccc2-c2ccc(N(c3ccc(-c4ccccc4)cc3)c3cccc(-c4ccccc4)c3-c3ccc4c(c3)oc3ccccc34)cc21. The number of furan rings is 1. The molecule has 1 aliphatic carbocycles. The van der Waals surface area contributed by atoms with E-state index >= 15 is 0 Å². The van der Waals surface area contributed by atoms with Gasteiger partial charge in [-0.25, -0.2) is 0 Å². The van der Waals surface area contributed by atoms with Gasteiger partial charge < -0.3 is 9.32 Å². The summed E-state index contributed by atoms with van der Waals surface area (Å²) in [6, 6.07) is 67.9. The molecular formula is C51H37NO. The minimum Gasteiger partial charge on any atom is -0.456 e. The average Bonchev–Trinajstić information content (AvgIpc) is 3.70. The second-order valence-corrected chi connectivity index (χ2v) is 14.5. The molecule has 1 heterocycles. The average molecular weight is 680 g/mol. The van der Waals surface area contributed by atoms with Crippen LogP contribution in [0.1, 0.15) is 25.0 Å². The summed E-state index contributed by atoms with van der Waals surface area (Å²) in [6.45, 7) is 4.70. The first-order chi connectivity index (χ1) is 26.0. The maximum Gasteiger partial charge on any atom is 0.136 e. The Morgan fingerprint density at radius 3 is 1.81 bits per heavy atom. The van der Waals surface area contributed by atoms with Crippen molar-refractivity contribution in [2.24, 2.45) is 0 Å². The van der Waals surface area contributed by atoms with Gasteiger partial charge in [0.15, 0.2) is 0 Å². The first kappa shape index (κ1) is 31.1. The third-order valence-electron chi connectivity index (χ3n) is 11.1. The molecule has 2 nitrogen and oxygen atoms in total. The van der Waals surface area contributed by atoms with E-state index in [1.165, 1.54) is 44.5 Å². The molecule has 0 saturated carbocycles. The topological polar surface area (TPSA) is 16.4 Å². The molecule has 0 fully saturated rings. The first-order valence-corrected chi connectivity index (χ1v) is 18.3. The van der Waals surface area contributed by atoms with Gasteiger partial charge in [-0.3, -0.25) is 0 Å². The number of anilines is 3. The lowest BCUT2D eigenvalue weighted by atomic mass is 9.82. The molecule has 9 aromatic rings. The van der Waals surface area contributed by atoms with Gasteiger partial charge in [-0.1, -0.05) is 153 Å². The number of benzene rings is 8. The van der Waals surface area contributed by atoms with Gasteiger partial charge in [0.2, 0.25) is 0 Å². The van der Waals surface area contributed by atoms with E-state index in [0.717, 1.165) is 50.1 Å². The van der Waals surface area contributed by atoms with E-state index < -0.39 is 0 Å². The number of nitrogens with zero attached hydrogens (tertiary/aromatic N) is 1. The lowest BCUT2D eigenvalue weighted by molar-refractivity contribution is 0.660. The number of para-hydroxylation sites is 1. The minimum atomic E-state index is -0.133. The second kappa shape index (κ2) is 12.3. The Balaban J connectivity index is 1.23. The van der Waals surface area contributed by atoms with E-state index in [9.17, 15) is 0 Å². The van der Waals surface area contributed by atoms with E-state index in [-0.39, 0.29) is 5.41 Å². The van der Waals surface area contributed by atoms with Crippen LogP contribution in [0, 0.1) is 0 Å². The molecule has 0 aliphatic heterocycles. The zero-order valence-electron chi connectivity index (χ0n) is 29.8. The molecule has 252 valence electrons. The maximum atomic E-state index is 6.48. The lowest BCUT2D eigenvalue weighted by Crippen LogP contribution is -2.17. The predicted molar refractivity (Wildman–Crippen MR) is 222 cm³/mol. The van der Waals surface area contributed by atoms with Crippen molar-refractivity contribution < 1.29 is 4.42 Å². The van der Waals surface area contributed by atoms with Crippen LogP contribution in [-0.2, 0) is 5.41 Å². The fraction of sp³-hybridized carbons (Fsp3) is 0.0588. The van der Waals surface area contributed by atoms with E-state index in [4.69, 9.17) is 4.42 Å². The monoisotopic (exact) mass is 679 g/mol. The summed E-state index contributed by atoms with van der Waals surface area (Å²) >= 11 is 0. The predicted octanol–water partition coefficient (Wildman–Crippen LogP) is 14.4. The van der Waals surface area contributed by atoms with E-state index in [2.05, 4.69) is 195 Å². The summed E-state index contributed by atoms with van der Waals surface area (Å²) in [5.74, 6) is 0. The highest BCUT2D eigenvalue weighted by molar-refractivity contribution is 6.07. The molecule has 0 radical (unpaired) electrons. The maximum absolute atomic E-state index is 6.48. The van der Waals surface area contributed by atoms with Crippen LogP contribution in [0.3, 0.4) is 0 Å². The Labute approximate surface area is 310 Å². The van der Waals surface area contributed by atoms with Crippen LogP contribution in [0.25, 0.3) is 66.4 Å². The zero-order chi connectivity index (χ0) is 35.5. The summed E-state index contributed by atoms with van der Waals surface area (Å²) in [7, 11) is 0. The number of fused-ring (bicyclic) bond motifs is 6. The largest absolute Gasteiger partial charge is 0.456 e. The van der Waals surface area contributed by atoms with Gasteiger partial charge in [0.25, 0.3) is 0 Å². The molecule has 0 saturated heterocycles. The van der Waals surface area contributed by atoms with Gasteiger partial charge in [0.1, 0.15) is 11.2 Å². The number of hydrogen-bond donors (Lipinski definition) is 0. The van der Waals surface area contributed by atoms with Crippen LogP contribution in [0.2, 0.25) is 0 Å². The summed E-state index contributed by atoms with van der Waals surface area (Å²) in [6.07, 6.45) is 0. The van der Waals surface area contributed by atoms with Crippen molar-refractivity contribution in [2.75, 3.05) is 4.90 Å². The van der Waals surface area contributed by atoms with Crippen molar-refractivity contribution >= 4 is 39.0 Å². The van der Waals surface area contributed by atoms with Gasteiger partial charge in [-0.2, -0.15) is 0 Å². The lowest BCUT2D eigenvalue weighted by Gasteiger charge is -2.31. The molecule has 2 heteroatoms. The molecule has 1 aliphatic rings. The Kier molecular flexibility index (Phi) is 7.19. The fourth-order valence-corrected chi connectivity index (χ4v) is 8.46. The molecule has 8 aromatic carbocycles. The molecule has 53 heavy (non-hydrogen) atoms. The van der Waals surface area contributed by atoms with Crippen molar-refractivity contribution in [3.05, 3.63) is 199 Å². The van der Waals surface area contributed by atoms with Crippen LogP contribution < -0.4 is 4.90 Å². The number of hydrogen-bond acceptors (Lipinski definition) is 2. The quantitative estimate of drug-likeness (QED) is 0.174. The van der Waals surface area contributed by atoms with E-state index in [0.29, 0.717) is 0 Å². The van der Waals surface area contributed by atoms with E-state index in [1.54, 1.807) is 0 Å². The molecule has 10 rings (SSSR count). The Hall–Kier alpha value is -6.64. The zero-order valence-corrected chi connectivity index (χ0v) is 29.8. The normalized spacial score (nSPS) is 12.9. The van der Waals surface area contributed by atoms with E-state index in [1.807, 2.05) is 12.1 Å². The summed E-state index contributed by atoms with van der Waals surface area (Å²) in [4.78, 5) is 2.44. The minimum absolute atomic E-state index is 0.133. The van der Waals surface area contributed by atoms with Crippen molar-refractivity contribution in [3.63, 3.8) is 0 Å². The van der Waals surface area contributed by atoms with Crippen LogP contribution >= 0.6 is 0 Å². The van der Waals surface area contributed by atoms with Crippen molar-refractivity contribution in [1.29, 1.82) is 0 Å². The van der Waals surface area contributed by atoms with Gasteiger partial charge in [-0.05, 0) is 98.6 Å². The Morgan fingerprint density at radius 1 is 0.396 bits per heavy atom. The van der Waals surface area contributed by atoms with Crippen molar-refractivity contribution in [1.82, 2.24) is 0 Å². The highest BCUT2D eigenvalue weighted by atomic mass is 16.3. The van der Waals surface area contributed by atoms with Crippen LogP contribution in [0.5, 0.6) is 0 Å². The molecule has 0 N–H and O–H groups in total. The summed E-state index contributed by atoms with van der Waals surface area (Å²) in [5.41, 5.74) is 17.3. The molecular weight excluding hydrogens is 643 g/mol. The van der Waals surface area contributed by atoms with Crippen LogP contribution in [0.4, 0.5) is 17.1 Å². The molecule has 0 atom stereocenters. The molecule has 1 aromatic heterocycles. The third-order valence-corrected chi connectivity index (χ3v) is 11.1. The Morgan fingerprint density at radius 2 is 1.00 bits per heavy atom. The van der Waals surface area contributed by atoms with Gasteiger partial charge in [0.05, 0.1) is 5.69 Å². The molecule has 0 spiro atoms. The second-order valence-electron chi connectivity index (χ2n) is 14.5.